The van der Waals surface area contributed by atoms with Gasteiger partial charge in [0.15, 0.2) is 0 Å². The molecule has 2 aromatic rings. The molecule has 1 N–H and O–H groups in total. The molecule has 0 bridgehead atoms. The van der Waals surface area contributed by atoms with Crippen LogP contribution in [0, 0.1) is 0 Å². The average molecular weight is 259 g/mol. The van der Waals surface area contributed by atoms with Crippen LogP contribution in [0.4, 0.5) is 5.69 Å². The topological polar surface area (TPSA) is 42.0 Å². The first-order valence-electron chi connectivity index (χ1n) is 5.39. The van der Waals surface area contributed by atoms with Gasteiger partial charge in [0.2, 0.25) is 5.91 Å². The minimum atomic E-state index is -0.220. The van der Waals surface area contributed by atoms with Crippen molar-refractivity contribution < 1.29 is 4.79 Å². The van der Waals surface area contributed by atoms with Crippen molar-refractivity contribution in [3.8, 4) is 0 Å². The highest BCUT2D eigenvalue weighted by Crippen LogP contribution is 2.16. The zero-order valence-electron chi connectivity index (χ0n) is 9.51. The number of nitrogens with zero attached hydrogens (tertiary/aromatic N) is 1. The number of carbonyl (C=O) groups excluding carboxylic acids is 1. The lowest BCUT2D eigenvalue weighted by Gasteiger charge is -2.00. The van der Waals surface area contributed by atoms with Crippen LogP contribution in [0.15, 0.2) is 54.9 Å². The summed E-state index contributed by atoms with van der Waals surface area (Å²) in [5.41, 5.74) is 1.46. The Morgan fingerprint density at radius 3 is 2.78 bits per heavy atom. The number of nitrogens with one attached hydrogen (secondary N) is 1. The third-order valence-electron chi connectivity index (χ3n) is 2.25. The van der Waals surface area contributed by atoms with Gasteiger partial charge in [0, 0.05) is 17.3 Å². The molecule has 90 valence electrons. The van der Waals surface area contributed by atoms with Gasteiger partial charge in [0.25, 0.3) is 0 Å². The van der Waals surface area contributed by atoms with Gasteiger partial charge < -0.3 is 5.32 Å². The van der Waals surface area contributed by atoms with Gasteiger partial charge in [-0.3, -0.25) is 9.78 Å². The van der Waals surface area contributed by atoms with Crippen LogP contribution in [-0.2, 0) is 4.79 Å². The lowest BCUT2D eigenvalue weighted by Crippen LogP contribution is -2.07. The van der Waals surface area contributed by atoms with Crippen LogP contribution in [0.5, 0.6) is 0 Å². The normalized spacial score (nSPS) is 10.5. The van der Waals surface area contributed by atoms with Crippen LogP contribution >= 0.6 is 11.6 Å². The number of halogens is 1. The number of benzene rings is 1. The summed E-state index contributed by atoms with van der Waals surface area (Å²) in [5.74, 6) is -0.220. The van der Waals surface area contributed by atoms with Crippen molar-refractivity contribution in [2.24, 2.45) is 0 Å². The van der Waals surface area contributed by atoms with Crippen LogP contribution < -0.4 is 5.32 Å². The number of anilines is 1. The molecule has 0 saturated carbocycles. The molecule has 0 aliphatic heterocycles. The van der Waals surface area contributed by atoms with Crippen LogP contribution in [0.25, 0.3) is 6.08 Å². The van der Waals surface area contributed by atoms with E-state index in [-0.39, 0.29) is 5.91 Å². The molecule has 0 aliphatic carbocycles. The summed E-state index contributed by atoms with van der Waals surface area (Å²) < 4.78 is 0. The van der Waals surface area contributed by atoms with E-state index in [4.69, 9.17) is 11.6 Å². The van der Waals surface area contributed by atoms with E-state index >= 15 is 0 Å². The van der Waals surface area contributed by atoms with Crippen LogP contribution in [0.2, 0.25) is 5.02 Å². The molecule has 2 rings (SSSR count). The number of amides is 1. The minimum Gasteiger partial charge on any atom is -0.321 e. The molecule has 0 saturated heterocycles. The van der Waals surface area contributed by atoms with Gasteiger partial charge in [-0.1, -0.05) is 29.8 Å². The number of rotatable bonds is 3. The summed E-state index contributed by atoms with van der Waals surface area (Å²) >= 11 is 5.97. The Morgan fingerprint density at radius 1 is 1.22 bits per heavy atom. The molecule has 0 fully saturated rings. The molecule has 1 heterocycles. The van der Waals surface area contributed by atoms with E-state index < -0.39 is 0 Å². The molecule has 4 heteroatoms. The molecule has 0 spiro atoms. The zero-order chi connectivity index (χ0) is 12.8. The second-order valence-corrected chi connectivity index (χ2v) is 3.99. The predicted octanol–water partition coefficient (Wildman–Crippen LogP) is 3.39. The Morgan fingerprint density at radius 2 is 2.06 bits per heavy atom. The Labute approximate surface area is 110 Å². The van der Waals surface area contributed by atoms with Crippen molar-refractivity contribution in [1.82, 2.24) is 4.98 Å². The standard InChI is InChI=1S/C14H11ClN2O/c15-13-6-2-1-4-11(13)7-8-14(18)17-12-5-3-9-16-10-12/h1-10H,(H,17,18)/b8-7+. The summed E-state index contributed by atoms with van der Waals surface area (Å²) in [7, 11) is 0. The zero-order valence-corrected chi connectivity index (χ0v) is 10.3. The average Bonchev–Trinajstić information content (AvgIpc) is 2.39. The van der Waals surface area contributed by atoms with Gasteiger partial charge in [0.1, 0.15) is 0 Å². The van der Waals surface area contributed by atoms with Gasteiger partial charge >= 0.3 is 0 Å². The highest BCUT2D eigenvalue weighted by atomic mass is 35.5. The van der Waals surface area contributed by atoms with Crippen molar-refractivity contribution in [2.75, 3.05) is 5.32 Å². The van der Waals surface area contributed by atoms with Gasteiger partial charge in [-0.15, -0.1) is 0 Å². The molecular formula is C14H11ClN2O. The molecule has 0 radical (unpaired) electrons. The van der Waals surface area contributed by atoms with E-state index in [0.717, 1.165) is 5.56 Å². The summed E-state index contributed by atoms with van der Waals surface area (Å²) in [4.78, 5) is 15.5. The lowest BCUT2D eigenvalue weighted by molar-refractivity contribution is -0.111. The monoisotopic (exact) mass is 258 g/mol. The second-order valence-electron chi connectivity index (χ2n) is 3.59. The van der Waals surface area contributed by atoms with E-state index in [9.17, 15) is 4.79 Å². The van der Waals surface area contributed by atoms with E-state index in [1.165, 1.54) is 6.08 Å². The van der Waals surface area contributed by atoms with Crippen LogP contribution in [0.1, 0.15) is 5.56 Å². The molecule has 1 amide bonds. The van der Waals surface area contributed by atoms with Gasteiger partial charge in [-0.25, -0.2) is 0 Å². The van der Waals surface area contributed by atoms with Crippen molar-refractivity contribution in [2.45, 2.75) is 0 Å². The summed E-state index contributed by atoms with van der Waals surface area (Å²) in [6.07, 6.45) is 6.35. The quantitative estimate of drug-likeness (QED) is 0.858. The molecule has 0 aliphatic rings. The maximum absolute atomic E-state index is 11.6. The highest BCUT2D eigenvalue weighted by Gasteiger charge is 1.98. The molecule has 0 unspecified atom stereocenters. The minimum absolute atomic E-state index is 0.220. The Hall–Kier alpha value is -2.13. The molecular weight excluding hydrogens is 248 g/mol. The third-order valence-corrected chi connectivity index (χ3v) is 2.59. The van der Waals surface area contributed by atoms with Gasteiger partial charge in [0.05, 0.1) is 11.9 Å². The van der Waals surface area contributed by atoms with Crippen molar-refractivity contribution >= 4 is 29.3 Å². The number of aromatic nitrogens is 1. The van der Waals surface area contributed by atoms with E-state index in [0.29, 0.717) is 10.7 Å². The first-order valence-corrected chi connectivity index (χ1v) is 5.77. The Kier molecular flexibility index (Phi) is 4.10. The number of carbonyl (C=O) groups is 1. The van der Waals surface area contributed by atoms with E-state index in [1.54, 1.807) is 36.7 Å². The van der Waals surface area contributed by atoms with Crippen molar-refractivity contribution in [3.05, 3.63) is 65.5 Å². The number of hydrogen-bond donors (Lipinski definition) is 1. The summed E-state index contributed by atoms with van der Waals surface area (Å²) in [6.45, 7) is 0. The number of hydrogen-bond acceptors (Lipinski definition) is 2. The Bertz CT molecular complexity index is 567. The molecule has 1 aromatic carbocycles. The molecule has 18 heavy (non-hydrogen) atoms. The fourth-order valence-electron chi connectivity index (χ4n) is 1.40. The summed E-state index contributed by atoms with van der Waals surface area (Å²) in [5, 5.41) is 3.31. The van der Waals surface area contributed by atoms with Crippen molar-refractivity contribution in [1.29, 1.82) is 0 Å². The summed E-state index contributed by atoms with van der Waals surface area (Å²) in [6, 6.07) is 10.9. The van der Waals surface area contributed by atoms with Crippen molar-refractivity contribution in [3.63, 3.8) is 0 Å². The smallest absolute Gasteiger partial charge is 0.248 e. The first kappa shape index (κ1) is 12.3. The predicted molar refractivity (Wildman–Crippen MR) is 73.4 cm³/mol. The Balaban J connectivity index is 2.02. The molecule has 1 aromatic heterocycles. The fourth-order valence-corrected chi connectivity index (χ4v) is 1.60. The highest BCUT2D eigenvalue weighted by molar-refractivity contribution is 6.32. The van der Waals surface area contributed by atoms with Crippen LogP contribution in [-0.4, -0.2) is 10.9 Å². The first-order chi connectivity index (χ1) is 8.75. The van der Waals surface area contributed by atoms with E-state index in [1.807, 2.05) is 18.2 Å². The SMILES string of the molecule is O=C(/C=C/c1ccccc1Cl)Nc1cccnc1. The maximum Gasteiger partial charge on any atom is 0.248 e. The second kappa shape index (κ2) is 5.98. The molecule has 3 nitrogen and oxygen atoms in total. The van der Waals surface area contributed by atoms with Gasteiger partial charge in [-0.05, 0) is 29.8 Å². The number of pyridine rings is 1. The fraction of sp³-hybridized carbons (Fsp3) is 0. The van der Waals surface area contributed by atoms with E-state index in [2.05, 4.69) is 10.3 Å². The maximum atomic E-state index is 11.6. The largest absolute Gasteiger partial charge is 0.321 e. The molecule has 0 atom stereocenters. The van der Waals surface area contributed by atoms with Gasteiger partial charge in [-0.2, -0.15) is 0 Å². The third kappa shape index (κ3) is 3.43. The van der Waals surface area contributed by atoms with Crippen LogP contribution in [0.3, 0.4) is 0 Å². The lowest BCUT2D eigenvalue weighted by atomic mass is 10.2.